The highest BCUT2D eigenvalue weighted by Gasteiger charge is 2.18. The number of unbranched alkanes of at least 4 members (excludes halogenated alkanes) is 3. The van der Waals surface area contributed by atoms with E-state index in [1.165, 1.54) is 24.3 Å². The smallest absolute Gasteiger partial charge is 0.201 e. The Hall–Kier alpha value is -1.49. The Kier molecular flexibility index (Phi) is 6.51. The van der Waals surface area contributed by atoms with Crippen LogP contribution in [-0.4, -0.2) is 6.61 Å². The maximum atomic E-state index is 14.2. The van der Waals surface area contributed by atoms with Crippen LogP contribution in [0.5, 0.6) is 5.75 Å². The predicted octanol–water partition coefficient (Wildman–Crippen LogP) is 6.49. The fraction of sp³-hybridized carbons (Fsp3) is 0.333. The summed E-state index contributed by atoms with van der Waals surface area (Å²) in [6, 6.07) is 6.88. The van der Waals surface area contributed by atoms with Crippen LogP contribution in [0.3, 0.4) is 0 Å². The first kappa shape index (κ1) is 17.9. The minimum atomic E-state index is -1.10. The summed E-state index contributed by atoms with van der Waals surface area (Å²) in [4.78, 5) is 0. The Balaban J connectivity index is 2.17. The lowest BCUT2D eigenvalue weighted by molar-refractivity contribution is 0.285. The quantitative estimate of drug-likeness (QED) is 0.494. The Labute approximate surface area is 142 Å². The fourth-order valence-electron chi connectivity index (χ4n) is 2.27. The summed E-state index contributed by atoms with van der Waals surface area (Å²) in [5.41, 5.74) is -0.107. The van der Waals surface area contributed by atoms with Gasteiger partial charge in [-0.05, 0) is 30.7 Å². The van der Waals surface area contributed by atoms with Crippen molar-refractivity contribution in [3.8, 4) is 16.9 Å². The second-order valence-corrected chi connectivity index (χ2v) is 6.19. The first-order valence-corrected chi connectivity index (χ1v) is 8.40. The van der Waals surface area contributed by atoms with Gasteiger partial charge in [-0.3, -0.25) is 0 Å². The van der Waals surface area contributed by atoms with E-state index in [1.54, 1.807) is 6.07 Å². The Morgan fingerprint density at radius 1 is 0.913 bits per heavy atom. The molecule has 0 spiro atoms. The number of benzene rings is 2. The Bertz CT molecular complexity index is 674. The summed E-state index contributed by atoms with van der Waals surface area (Å²) in [6.45, 7) is 2.43. The molecular weight excluding hydrogens is 369 g/mol. The number of hydrogen-bond donors (Lipinski definition) is 0. The summed E-state index contributed by atoms with van der Waals surface area (Å²) in [5.74, 6) is -2.94. The zero-order valence-corrected chi connectivity index (χ0v) is 14.4. The van der Waals surface area contributed by atoms with Crippen LogP contribution in [0.2, 0.25) is 0 Å². The first-order valence-electron chi connectivity index (χ1n) is 7.60. The van der Waals surface area contributed by atoms with Gasteiger partial charge in [-0.1, -0.05) is 48.2 Å². The van der Waals surface area contributed by atoms with E-state index in [-0.39, 0.29) is 16.9 Å². The van der Waals surface area contributed by atoms with Gasteiger partial charge in [0.2, 0.25) is 5.82 Å². The average Bonchev–Trinajstić information content (AvgIpc) is 2.52. The molecule has 0 aromatic heterocycles. The van der Waals surface area contributed by atoms with Crippen molar-refractivity contribution in [3.63, 3.8) is 0 Å². The number of ether oxygens (including phenoxy) is 1. The molecule has 23 heavy (non-hydrogen) atoms. The van der Waals surface area contributed by atoms with Crippen molar-refractivity contribution in [3.05, 3.63) is 52.3 Å². The highest BCUT2D eigenvalue weighted by atomic mass is 79.9. The third kappa shape index (κ3) is 4.50. The highest BCUT2D eigenvalue weighted by Crippen LogP contribution is 2.32. The van der Waals surface area contributed by atoms with Crippen molar-refractivity contribution in [1.29, 1.82) is 0 Å². The predicted molar refractivity (Wildman–Crippen MR) is 89.1 cm³/mol. The van der Waals surface area contributed by atoms with Crippen LogP contribution in [-0.2, 0) is 0 Å². The number of rotatable bonds is 7. The Morgan fingerprint density at radius 3 is 2.35 bits per heavy atom. The van der Waals surface area contributed by atoms with Gasteiger partial charge in [0, 0.05) is 15.6 Å². The second-order valence-electron chi connectivity index (χ2n) is 5.27. The van der Waals surface area contributed by atoms with Crippen LogP contribution < -0.4 is 4.74 Å². The van der Waals surface area contributed by atoms with E-state index in [9.17, 15) is 13.2 Å². The van der Waals surface area contributed by atoms with E-state index in [0.717, 1.165) is 25.7 Å². The molecule has 2 rings (SSSR count). The highest BCUT2D eigenvalue weighted by molar-refractivity contribution is 9.10. The molecule has 2 aromatic carbocycles. The van der Waals surface area contributed by atoms with Crippen LogP contribution in [0.4, 0.5) is 13.2 Å². The summed E-state index contributed by atoms with van der Waals surface area (Å²) < 4.78 is 48.1. The van der Waals surface area contributed by atoms with Crippen LogP contribution in [0.1, 0.15) is 32.6 Å². The monoisotopic (exact) mass is 386 g/mol. The van der Waals surface area contributed by atoms with Gasteiger partial charge in [0.1, 0.15) is 5.82 Å². The van der Waals surface area contributed by atoms with Crippen molar-refractivity contribution in [1.82, 2.24) is 0 Å². The lowest BCUT2D eigenvalue weighted by Crippen LogP contribution is -2.02. The molecule has 0 saturated heterocycles. The standard InChI is InChI=1S/C18H18BrF3O/c1-2-3-4-5-10-23-16-9-8-14(17(21)18(16)22)13-7-6-12(19)11-15(13)20/h6-9,11H,2-5,10H2,1H3. The maximum absolute atomic E-state index is 14.2. The molecule has 2 aromatic rings. The molecule has 0 aliphatic rings. The Morgan fingerprint density at radius 2 is 1.65 bits per heavy atom. The first-order chi connectivity index (χ1) is 11.0. The molecule has 0 heterocycles. The molecular formula is C18H18BrF3O. The SMILES string of the molecule is CCCCCCOc1ccc(-c2ccc(Br)cc2F)c(F)c1F. The van der Waals surface area contributed by atoms with Crippen LogP contribution >= 0.6 is 15.9 Å². The van der Waals surface area contributed by atoms with Gasteiger partial charge in [-0.2, -0.15) is 4.39 Å². The zero-order valence-electron chi connectivity index (χ0n) is 12.8. The van der Waals surface area contributed by atoms with Gasteiger partial charge < -0.3 is 4.74 Å². The molecule has 5 heteroatoms. The van der Waals surface area contributed by atoms with Crippen LogP contribution in [0.25, 0.3) is 11.1 Å². The number of halogens is 4. The molecule has 0 radical (unpaired) electrons. The summed E-state index contributed by atoms with van der Waals surface area (Å²) in [5, 5.41) is 0. The van der Waals surface area contributed by atoms with Crippen molar-refractivity contribution in [2.24, 2.45) is 0 Å². The molecule has 0 N–H and O–H groups in total. The van der Waals surface area contributed by atoms with Crippen molar-refractivity contribution in [2.75, 3.05) is 6.61 Å². The summed E-state index contributed by atoms with van der Waals surface area (Å²) >= 11 is 3.13. The second kappa shape index (κ2) is 8.39. The molecule has 124 valence electrons. The molecule has 0 amide bonds. The fourth-order valence-corrected chi connectivity index (χ4v) is 2.60. The van der Waals surface area contributed by atoms with Gasteiger partial charge in [0.15, 0.2) is 11.6 Å². The molecule has 0 bridgehead atoms. The van der Waals surface area contributed by atoms with Gasteiger partial charge in [0.25, 0.3) is 0 Å². The normalized spacial score (nSPS) is 10.8. The van der Waals surface area contributed by atoms with Crippen LogP contribution in [0.15, 0.2) is 34.8 Å². The van der Waals surface area contributed by atoms with E-state index >= 15 is 0 Å². The molecule has 0 aliphatic heterocycles. The molecule has 0 unspecified atom stereocenters. The average molecular weight is 387 g/mol. The molecule has 0 atom stereocenters. The number of hydrogen-bond acceptors (Lipinski definition) is 1. The van der Waals surface area contributed by atoms with Crippen LogP contribution in [0, 0.1) is 17.5 Å². The van der Waals surface area contributed by atoms with Gasteiger partial charge in [-0.25, -0.2) is 8.78 Å². The van der Waals surface area contributed by atoms with Gasteiger partial charge >= 0.3 is 0 Å². The van der Waals surface area contributed by atoms with Crippen molar-refractivity contribution in [2.45, 2.75) is 32.6 Å². The topological polar surface area (TPSA) is 9.23 Å². The van der Waals surface area contributed by atoms with E-state index in [4.69, 9.17) is 4.74 Å². The molecule has 0 saturated carbocycles. The van der Waals surface area contributed by atoms with E-state index < -0.39 is 17.5 Å². The molecule has 1 nitrogen and oxygen atoms in total. The van der Waals surface area contributed by atoms with Gasteiger partial charge in [-0.15, -0.1) is 0 Å². The summed E-state index contributed by atoms with van der Waals surface area (Å²) in [6.07, 6.45) is 3.96. The zero-order chi connectivity index (χ0) is 16.8. The van der Waals surface area contributed by atoms with E-state index in [2.05, 4.69) is 22.9 Å². The van der Waals surface area contributed by atoms with Crippen molar-refractivity contribution >= 4 is 15.9 Å². The largest absolute Gasteiger partial charge is 0.490 e. The summed E-state index contributed by atoms with van der Waals surface area (Å²) in [7, 11) is 0. The van der Waals surface area contributed by atoms with E-state index in [1.807, 2.05) is 0 Å². The third-order valence-corrected chi connectivity index (χ3v) is 4.02. The maximum Gasteiger partial charge on any atom is 0.201 e. The lowest BCUT2D eigenvalue weighted by Gasteiger charge is -2.11. The third-order valence-electron chi connectivity index (χ3n) is 3.52. The minimum Gasteiger partial charge on any atom is -0.490 e. The minimum absolute atomic E-state index is 0.0131. The molecule has 0 fully saturated rings. The molecule has 0 aliphatic carbocycles. The van der Waals surface area contributed by atoms with Gasteiger partial charge in [0.05, 0.1) is 6.61 Å². The lowest BCUT2D eigenvalue weighted by atomic mass is 10.0. The van der Waals surface area contributed by atoms with Crippen molar-refractivity contribution < 1.29 is 17.9 Å². The van der Waals surface area contributed by atoms with E-state index in [0.29, 0.717) is 11.1 Å².